The standard InChI is InChI=1S/C47H34F8N2O/c1-25(2)34-23-30(29-19-17-28(18-20-29)27-11-6-5-7-12-27)24-35(26(3)4)40(34)57-38-16-9-8-15-37(38)56-43(57)33-14-10-13-31-32-21-22-36-39(42(32)58-41(31)33)45(50,51)47(54,55)46(52,53)44(36,48)49/h5-26H,1-4H3. The van der Waals surface area contributed by atoms with Crippen LogP contribution in [0.3, 0.4) is 0 Å². The largest absolute Gasteiger partial charge is 0.455 e. The van der Waals surface area contributed by atoms with Gasteiger partial charge >= 0.3 is 23.7 Å². The first-order valence-electron chi connectivity index (χ1n) is 18.8. The van der Waals surface area contributed by atoms with Crippen molar-refractivity contribution < 1.29 is 39.5 Å². The molecule has 3 nitrogen and oxygen atoms in total. The summed E-state index contributed by atoms with van der Waals surface area (Å²) in [5.41, 5.74) is 3.38. The number of para-hydroxylation sites is 3. The Balaban J connectivity index is 1.30. The SMILES string of the molecule is CC(C)c1cc(-c2ccc(-c3ccccc3)cc2)cc(C(C)C)c1-n1c(-c2cccc3c2oc2c4c(ccc23)C(F)(F)C(F)(F)C(F)(F)C4(F)F)nc2ccccc21. The van der Waals surface area contributed by atoms with Crippen molar-refractivity contribution in [2.45, 2.75) is 63.2 Å². The van der Waals surface area contributed by atoms with Gasteiger partial charge in [0.15, 0.2) is 0 Å². The first-order chi connectivity index (χ1) is 27.5. The van der Waals surface area contributed by atoms with E-state index in [-0.39, 0.29) is 33.8 Å². The van der Waals surface area contributed by atoms with E-state index in [4.69, 9.17) is 9.40 Å². The van der Waals surface area contributed by atoms with Crippen LogP contribution in [0.4, 0.5) is 35.1 Å². The molecule has 0 unspecified atom stereocenters. The monoisotopic (exact) mass is 794 g/mol. The van der Waals surface area contributed by atoms with Crippen LogP contribution in [0.1, 0.15) is 61.8 Å². The van der Waals surface area contributed by atoms with Gasteiger partial charge < -0.3 is 4.42 Å². The summed E-state index contributed by atoms with van der Waals surface area (Å²) in [7, 11) is 0. The van der Waals surface area contributed by atoms with Crippen LogP contribution in [-0.4, -0.2) is 21.4 Å². The number of aromatic nitrogens is 2. The normalized spacial score (nSPS) is 16.8. The molecule has 2 aromatic heterocycles. The second-order valence-electron chi connectivity index (χ2n) is 15.5. The van der Waals surface area contributed by atoms with Gasteiger partial charge in [-0.1, -0.05) is 113 Å². The molecule has 0 atom stereocenters. The molecule has 11 heteroatoms. The number of hydrogen-bond acceptors (Lipinski definition) is 2. The fraction of sp³-hybridized carbons (Fsp3) is 0.213. The minimum Gasteiger partial charge on any atom is -0.455 e. The zero-order valence-electron chi connectivity index (χ0n) is 31.5. The molecule has 8 aromatic rings. The molecule has 0 radical (unpaired) electrons. The van der Waals surface area contributed by atoms with Crippen molar-refractivity contribution >= 4 is 33.0 Å². The van der Waals surface area contributed by atoms with E-state index in [0.717, 1.165) is 45.1 Å². The Kier molecular flexibility index (Phi) is 8.27. The number of alkyl halides is 8. The number of fused-ring (bicyclic) bond motifs is 6. The van der Waals surface area contributed by atoms with E-state index in [1.807, 2.05) is 47.0 Å². The summed E-state index contributed by atoms with van der Waals surface area (Å²) in [6.45, 7) is 8.29. The summed E-state index contributed by atoms with van der Waals surface area (Å²) in [6, 6.07) is 36.0. The summed E-state index contributed by atoms with van der Waals surface area (Å²) < 4.78 is 128. The maximum absolute atomic E-state index is 15.6. The Morgan fingerprint density at radius 3 is 1.72 bits per heavy atom. The zero-order chi connectivity index (χ0) is 41.1. The maximum Gasteiger partial charge on any atom is 0.383 e. The second-order valence-corrected chi connectivity index (χ2v) is 15.5. The van der Waals surface area contributed by atoms with Crippen LogP contribution in [0.5, 0.6) is 0 Å². The Morgan fingerprint density at radius 2 is 1.09 bits per heavy atom. The van der Waals surface area contributed by atoms with Crippen LogP contribution in [0.15, 0.2) is 126 Å². The van der Waals surface area contributed by atoms with Crippen LogP contribution in [0, 0.1) is 0 Å². The van der Waals surface area contributed by atoms with Gasteiger partial charge in [0.1, 0.15) is 17.0 Å². The number of halogens is 8. The molecule has 0 fully saturated rings. The Bertz CT molecular complexity index is 2880. The Labute approximate surface area is 327 Å². The number of furan rings is 1. The molecule has 1 aliphatic rings. The van der Waals surface area contributed by atoms with Crippen molar-refractivity contribution in [3.05, 3.63) is 144 Å². The average molecular weight is 795 g/mol. The maximum atomic E-state index is 15.6. The molecule has 0 saturated heterocycles. The average Bonchev–Trinajstić information content (AvgIpc) is 3.78. The van der Waals surface area contributed by atoms with Crippen LogP contribution in [-0.2, 0) is 11.8 Å². The van der Waals surface area contributed by atoms with E-state index in [0.29, 0.717) is 22.9 Å². The highest BCUT2D eigenvalue weighted by molar-refractivity contribution is 6.11. The van der Waals surface area contributed by atoms with Crippen molar-refractivity contribution in [1.29, 1.82) is 0 Å². The minimum absolute atomic E-state index is 0.0257. The molecule has 9 rings (SSSR count). The van der Waals surface area contributed by atoms with E-state index >= 15 is 17.6 Å². The van der Waals surface area contributed by atoms with Crippen LogP contribution in [0.25, 0.3) is 72.3 Å². The Hall–Kier alpha value is -5.97. The molecule has 294 valence electrons. The third-order valence-corrected chi connectivity index (χ3v) is 11.3. The predicted molar refractivity (Wildman–Crippen MR) is 211 cm³/mol. The zero-order valence-corrected chi connectivity index (χ0v) is 31.5. The van der Waals surface area contributed by atoms with Gasteiger partial charge in [0.05, 0.1) is 27.8 Å². The highest BCUT2D eigenvalue weighted by Crippen LogP contribution is 2.66. The van der Waals surface area contributed by atoms with Gasteiger partial charge in [-0.15, -0.1) is 0 Å². The fourth-order valence-electron chi connectivity index (χ4n) is 8.24. The van der Waals surface area contributed by atoms with Crippen molar-refractivity contribution in [3.8, 4) is 39.3 Å². The fourth-order valence-corrected chi connectivity index (χ4v) is 8.24. The molecule has 58 heavy (non-hydrogen) atoms. The second kappa shape index (κ2) is 12.8. The molecule has 0 spiro atoms. The highest BCUT2D eigenvalue weighted by Gasteiger charge is 2.85. The molecular weight excluding hydrogens is 761 g/mol. The van der Waals surface area contributed by atoms with Gasteiger partial charge in [-0.3, -0.25) is 4.57 Å². The molecule has 0 amide bonds. The Morgan fingerprint density at radius 1 is 0.534 bits per heavy atom. The van der Waals surface area contributed by atoms with E-state index in [2.05, 4.69) is 76.2 Å². The summed E-state index contributed by atoms with van der Waals surface area (Å²) in [4.78, 5) is 5.00. The van der Waals surface area contributed by atoms with Crippen molar-refractivity contribution in [2.24, 2.45) is 0 Å². The van der Waals surface area contributed by atoms with E-state index in [1.165, 1.54) is 6.07 Å². The van der Waals surface area contributed by atoms with E-state index in [1.54, 1.807) is 12.1 Å². The quantitative estimate of drug-likeness (QED) is 0.157. The molecule has 0 bridgehead atoms. The van der Waals surface area contributed by atoms with Crippen LogP contribution >= 0.6 is 0 Å². The lowest BCUT2D eigenvalue weighted by molar-refractivity contribution is -0.386. The molecule has 0 N–H and O–H groups in total. The molecule has 1 aliphatic carbocycles. The summed E-state index contributed by atoms with van der Waals surface area (Å²) in [6.07, 6.45) is 0. The minimum atomic E-state index is -6.43. The molecule has 0 aliphatic heterocycles. The predicted octanol–water partition coefficient (Wildman–Crippen LogP) is 14.6. The van der Waals surface area contributed by atoms with Crippen molar-refractivity contribution in [2.75, 3.05) is 0 Å². The van der Waals surface area contributed by atoms with E-state index in [9.17, 15) is 17.6 Å². The third kappa shape index (κ3) is 5.14. The van der Waals surface area contributed by atoms with Crippen LogP contribution in [0.2, 0.25) is 0 Å². The number of hydrogen-bond donors (Lipinski definition) is 0. The third-order valence-electron chi connectivity index (χ3n) is 11.3. The molecule has 6 aromatic carbocycles. The number of nitrogens with zero attached hydrogens (tertiary/aromatic N) is 2. The van der Waals surface area contributed by atoms with Crippen LogP contribution < -0.4 is 0 Å². The summed E-state index contributed by atoms with van der Waals surface area (Å²) in [5.74, 6) is -23.9. The van der Waals surface area contributed by atoms with Gasteiger partial charge in [0, 0.05) is 16.3 Å². The van der Waals surface area contributed by atoms with Crippen molar-refractivity contribution in [1.82, 2.24) is 9.55 Å². The van der Waals surface area contributed by atoms with Gasteiger partial charge in [0.25, 0.3) is 0 Å². The number of benzene rings is 6. The first-order valence-corrected chi connectivity index (χ1v) is 18.8. The first kappa shape index (κ1) is 37.6. The van der Waals surface area contributed by atoms with Gasteiger partial charge in [-0.25, -0.2) is 4.98 Å². The smallest absolute Gasteiger partial charge is 0.383 e. The van der Waals surface area contributed by atoms with Gasteiger partial charge in [0.2, 0.25) is 0 Å². The topological polar surface area (TPSA) is 31.0 Å². The summed E-state index contributed by atoms with van der Waals surface area (Å²) >= 11 is 0. The van der Waals surface area contributed by atoms with Crippen molar-refractivity contribution in [3.63, 3.8) is 0 Å². The van der Waals surface area contributed by atoms with Gasteiger partial charge in [-0.2, -0.15) is 35.1 Å². The molecule has 0 saturated carbocycles. The lowest BCUT2D eigenvalue weighted by Crippen LogP contribution is -2.63. The lowest BCUT2D eigenvalue weighted by atomic mass is 9.79. The molecule has 2 heterocycles. The van der Waals surface area contributed by atoms with Gasteiger partial charge in [-0.05, 0) is 81.6 Å². The number of imidazole rings is 1. The molecular formula is C47H34F8N2O. The number of rotatable bonds is 6. The summed E-state index contributed by atoms with van der Waals surface area (Å²) in [5, 5.41) is -0.0979. The highest BCUT2D eigenvalue weighted by atomic mass is 19.4. The van der Waals surface area contributed by atoms with E-state index < -0.39 is 40.4 Å². The lowest BCUT2D eigenvalue weighted by Gasteiger charge is -2.42.